The van der Waals surface area contributed by atoms with E-state index in [2.05, 4.69) is 0 Å². The number of esters is 1. The van der Waals surface area contributed by atoms with Crippen LogP contribution in [0.1, 0.15) is 56.4 Å². The number of ether oxygens (including phenoxy) is 2. The maximum absolute atomic E-state index is 12.6. The lowest BCUT2D eigenvalue weighted by Crippen LogP contribution is -2.40. The van der Waals surface area contributed by atoms with E-state index in [-0.39, 0.29) is 23.1 Å². The molecule has 1 aliphatic heterocycles. The van der Waals surface area contributed by atoms with E-state index in [0.717, 1.165) is 0 Å². The predicted octanol–water partition coefficient (Wildman–Crippen LogP) is 0.751. The summed E-state index contributed by atoms with van der Waals surface area (Å²) in [4.78, 5) is 24.8. The van der Waals surface area contributed by atoms with Crippen molar-refractivity contribution in [3.8, 4) is 0 Å². The molecule has 126 valence electrons. The monoisotopic (exact) mass is 323 g/mol. The lowest BCUT2D eigenvalue weighted by molar-refractivity contribution is 0.00613. The van der Waals surface area contributed by atoms with E-state index in [1.54, 1.807) is 34.6 Å². The maximum Gasteiger partial charge on any atom is 0.491 e. The minimum absolute atomic E-state index is 0.0242. The number of nitrogens with zero attached hydrogens (tertiary/aromatic N) is 1. The van der Waals surface area contributed by atoms with Crippen molar-refractivity contribution in [2.45, 2.75) is 59.2 Å². The molecule has 2 N–H and O–H groups in total. The van der Waals surface area contributed by atoms with Crippen LogP contribution in [-0.4, -0.2) is 45.0 Å². The number of carbonyl (C=O) groups is 2. The van der Waals surface area contributed by atoms with Crippen LogP contribution >= 0.6 is 0 Å². The van der Waals surface area contributed by atoms with Gasteiger partial charge in [-0.1, -0.05) is 0 Å². The zero-order chi connectivity index (χ0) is 17.7. The van der Waals surface area contributed by atoms with Crippen molar-refractivity contribution >= 4 is 24.6 Å². The predicted molar refractivity (Wildman–Crippen MR) is 83.8 cm³/mol. The molecular weight excluding hydrogens is 301 g/mol. The zero-order valence-corrected chi connectivity index (χ0v) is 14.3. The standard InChI is InChI=1S/C15H22BNO6/c1-8-11(16(20)21)10(12(18)22-14(2,3)4)9-7-15(5,6)23-13(19)17(8)9/h20-21H,7H2,1-6H3. The molecule has 0 saturated carbocycles. The lowest BCUT2D eigenvalue weighted by Gasteiger charge is -2.31. The molecule has 0 amide bonds. The third kappa shape index (κ3) is 3.28. The van der Waals surface area contributed by atoms with Gasteiger partial charge in [0.25, 0.3) is 0 Å². The van der Waals surface area contributed by atoms with Gasteiger partial charge in [-0.05, 0) is 41.5 Å². The maximum atomic E-state index is 12.6. The van der Waals surface area contributed by atoms with Crippen molar-refractivity contribution in [1.29, 1.82) is 0 Å². The minimum Gasteiger partial charge on any atom is -0.456 e. The van der Waals surface area contributed by atoms with Crippen LogP contribution in [0.4, 0.5) is 4.79 Å². The Morgan fingerprint density at radius 3 is 2.39 bits per heavy atom. The molecule has 1 aromatic heterocycles. The Bertz CT molecular complexity index is 668. The first-order valence-corrected chi connectivity index (χ1v) is 7.41. The Hall–Kier alpha value is -1.80. The van der Waals surface area contributed by atoms with Gasteiger partial charge in [-0.2, -0.15) is 0 Å². The van der Waals surface area contributed by atoms with Crippen molar-refractivity contribution in [2.24, 2.45) is 0 Å². The summed E-state index contributed by atoms with van der Waals surface area (Å²) in [6, 6.07) is 0. The molecule has 0 unspecified atom stereocenters. The highest BCUT2D eigenvalue weighted by Gasteiger charge is 2.42. The van der Waals surface area contributed by atoms with Crippen LogP contribution in [0.3, 0.4) is 0 Å². The van der Waals surface area contributed by atoms with Crippen LogP contribution in [0.5, 0.6) is 0 Å². The first-order valence-electron chi connectivity index (χ1n) is 7.41. The Kier molecular flexibility index (Phi) is 4.11. The fourth-order valence-electron chi connectivity index (χ4n) is 2.78. The van der Waals surface area contributed by atoms with Crippen molar-refractivity contribution in [2.75, 3.05) is 0 Å². The molecule has 23 heavy (non-hydrogen) atoms. The van der Waals surface area contributed by atoms with Gasteiger partial charge in [-0.25, -0.2) is 9.59 Å². The van der Waals surface area contributed by atoms with E-state index in [1.807, 2.05) is 0 Å². The van der Waals surface area contributed by atoms with Gasteiger partial charge in [0.2, 0.25) is 0 Å². The highest BCUT2D eigenvalue weighted by atomic mass is 16.6. The summed E-state index contributed by atoms with van der Waals surface area (Å²) < 4.78 is 11.9. The fourth-order valence-corrected chi connectivity index (χ4v) is 2.78. The van der Waals surface area contributed by atoms with Gasteiger partial charge in [0.05, 0.1) is 5.56 Å². The second kappa shape index (κ2) is 5.38. The molecule has 0 aliphatic carbocycles. The van der Waals surface area contributed by atoms with E-state index in [4.69, 9.17) is 9.47 Å². The molecule has 0 aromatic carbocycles. The topological polar surface area (TPSA) is 98.0 Å². The Morgan fingerprint density at radius 2 is 1.91 bits per heavy atom. The SMILES string of the molecule is Cc1c(B(O)O)c(C(=O)OC(C)(C)C)c2n1C(=O)OC(C)(C)C2. The molecule has 0 saturated heterocycles. The molecule has 2 rings (SSSR count). The van der Waals surface area contributed by atoms with Crippen LogP contribution in [-0.2, 0) is 15.9 Å². The van der Waals surface area contributed by atoms with Crippen LogP contribution in [0, 0.1) is 6.92 Å². The lowest BCUT2D eigenvalue weighted by atomic mass is 9.76. The summed E-state index contributed by atoms with van der Waals surface area (Å²) in [6.45, 7) is 10.1. The Balaban J connectivity index is 2.68. The summed E-state index contributed by atoms with van der Waals surface area (Å²) in [5.74, 6) is -0.692. The van der Waals surface area contributed by atoms with Gasteiger partial charge in [-0.3, -0.25) is 4.57 Å². The molecular formula is C15H22BNO6. The quantitative estimate of drug-likeness (QED) is 0.616. The van der Waals surface area contributed by atoms with E-state index in [0.29, 0.717) is 5.69 Å². The van der Waals surface area contributed by atoms with Crippen molar-refractivity contribution < 1.29 is 29.1 Å². The van der Waals surface area contributed by atoms with E-state index in [9.17, 15) is 19.6 Å². The first-order chi connectivity index (χ1) is 10.3. The van der Waals surface area contributed by atoms with Gasteiger partial charge in [0.1, 0.15) is 11.2 Å². The highest BCUT2D eigenvalue weighted by molar-refractivity contribution is 6.61. The molecule has 1 aromatic rings. The minimum atomic E-state index is -1.90. The summed E-state index contributed by atoms with van der Waals surface area (Å²) in [5.41, 5.74) is -0.910. The number of rotatable bonds is 2. The van der Waals surface area contributed by atoms with Crippen LogP contribution in [0.2, 0.25) is 0 Å². The molecule has 0 atom stereocenters. The number of carbonyl (C=O) groups excluding carboxylic acids is 2. The first kappa shape index (κ1) is 17.6. The average Bonchev–Trinajstić information content (AvgIpc) is 2.58. The third-order valence-corrected chi connectivity index (χ3v) is 3.55. The second-order valence-electron chi connectivity index (χ2n) is 7.34. The van der Waals surface area contributed by atoms with Gasteiger partial charge in [0, 0.05) is 23.3 Å². The summed E-state index contributed by atoms with van der Waals surface area (Å²) in [7, 11) is -1.90. The van der Waals surface area contributed by atoms with Gasteiger partial charge in [0.15, 0.2) is 0 Å². The summed E-state index contributed by atoms with van der Waals surface area (Å²) >= 11 is 0. The smallest absolute Gasteiger partial charge is 0.456 e. The number of hydrogen-bond acceptors (Lipinski definition) is 6. The van der Waals surface area contributed by atoms with E-state index in [1.165, 1.54) is 11.5 Å². The Morgan fingerprint density at radius 1 is 1.35 bits per heavy atom. The van der Waals surface area contributed by atoms with Gasteiger partial charge >= 0.3 is 19.2 Å². The van der Waals surface area contributed by atoms with E-state index >= 15 is 0 Å². The van der Waals surface area contributed by atoms with Crippen molar-refractivity contribution in [1.82, 2.24) is 4.57 Å². The van der Waals surface area contributed by atoms with Crippen LogP contribution in [0.15, 0.2) is 0 Å². The highest BCUT2D eigenvalue weighted by Crippen LogP contribution is 2.29. The molecule has 8 heteroatoms. The normalized spacial score (nSPS) is 16.6. The molecule has 1 aliphatic rings. The number of aromatic nitrogens is 1. The molecule has 2 heterocycles. The third-order valence-electron chi connectivity index (χ3n) is 3.55. The second-order valence-corrected chi connectivity index (χ2v) is 7.34. The molecule has 0 radical (unpaired) electrons. The molecule has 0 fully saturated rings. The van der Waals surface area contributed by atoms with Crippen molar-refractivity contribution in [3.63, 3.8) is 0 Å². The zero-order valence-electron chi connectivity index (χ0n) is 14.3. The average molecular weight is 323 g/mol. The molecule has 0 spiro atoms. The molecule has 0 bridgehead atoms. The summed E-state index contributed by atoms with van der Waals surface area (Å²) in [5, 5.41) is 19.4. The van der Waals surface area contributed by atoms with Crippen LogP contribution < -0.4 is 5.46 Å². The molecule has 7 nitrogen and oxygen atoms in total. The number of hydrogen-bond donors (Lipinski definition) is 2. The Labute approximate surface area is 135 Å². The fraction of sp³-hybridized carbons (Fsp3) is 0.600. The van der Waals surface area contributed by atoms with Gasteiger partial charge in [-0.15, -0.1) is 0 Å². The van der Waals surface area contributed by atoms with E-state index < -0.39 is 30.4 Å². The summed E-state index contributed by atoms with van der Waals surface area (Å²) in [6.07, 6.45) is -0.383. The largest absolute Gasteiger partial charge is 0.491 e. The van der Waals surface area contributed by atoms with Gasteiger partial charge < -0.3 is 19.5 Å². The number of fused-ring (bicyclic) bond motifs is 1. The van der Waals surface area contributed by atoms with Crippen LogP contribution in [0.25, 0.3) is 0 Å². The van der Waals surface area contributed by atoms with Crippen molar-refractivity contribution in [3.05, 3.63) is 17.0 Å². The number of cyclic esters (lactones) is 1.